The molecule has 1 atom stereocenters. The lowest BCUT2D eigenvalue weighted by molar-refractivity contribution is 0.637. The lowest BCUT2D eigenvalue weighted by Crippen LogP contribution is -2.34. The van der Waals surface area contributed by atoms with Gasteiger partial charge in [0.2, 0.25) is 0 Å². The maximum atomic E-state index is 6.11. The Morgan fingerprint density at radius 3 is 2.50 bits per heavy atom. The maximum Gasteiger partial charge on any atom is 0.0428 e. The van der Waals surface area contributed by atoms with Crippen molar-refractivity contribution in [2.45, 2.75) is 45.7 Å². The number of benzene rings is 1. The molecule has 2 nitrogen and oxygen atoms in total. The van der Waals surface area contributed by atoms with Crippen LogP contribution < -0.4 is 10.6 Å². The molecule has 100 valence electrons. The van der Waals surface area contributed by atoms with Gasteiger partial charge < -0.3 is 10.6 Å². The molecule has 0 bridgehead atoms. The molecule has 2 rings (SSSR count). The lowest BCUT2D eigenvalue weighted by Gasteiger charge is -2.32. The average Bonchev–Trinajstić information content (AvgIpc) is 3.08. The summed E-state index contributed by atoms with van der Waals surface area (Å²) in [5.74, 6) is 0.882. The Bertz CT molecular complexity index is 411. The summed E-state index contributed by atoms with van der Waals surface area (Å²) >= 11 is 3.58. The molecule has 0 amide bonds. The Hall–Kier alpha value is -0.540. The van der Waals surface area contributed by atoms with Gasteiger partial charge in [-0.25, -0.2) is 0 Å². The summed E-state index contributed by atoms with van der Waals surface area (Å²) < 4.78 is 1.13. The normalized spacial score (nSPS) is 17.0. The number of hydrogen-bond donors (Lipinski definition) is 1. The predicted octanol–water partition coefficient (Wildman–Crippen LogP) is 4.09. The van der Waals surface area contributed by atoms with Crippen molar-refractivity contribution in [1.82, 2.24) is 0 Å². The maximum absolute atomic E-state index is 6.11. The van der Waals surface area contributed by atoms with Crippen molar-refractivity contribution in [3.05, 3.63) is 28.2 Å². The first kappa shape index (κ1) is 13.9. The summed E-state index contributed by atoms with van der Waals surface area (Å²) in [7, 11) is 0. The van der Waals surface area contributed by atoms with E-state index in [4.69, 9.17) is 5.73 Å². The largest absolute Gasteiger partial charge is 0.369 e. The predicted molar refractivity (Wildman–Crippen MR) is 82.0 cm³/mol. The second-order valence-electron chi connectivity index (χ2n) is 5.68. The van der Waals surface area contributed by atoms with Gasteiger partial charge in [-0.3, -0.25) is 0 Å². The molecule has 0 saturated heterocycles. The first-order valence-corrected chi connectivity index (χ1v) is 7.60. The van der Waals surface area contributed by atoms with E-state index in [-0.39, 0.29) is 6.04 Å². The molecule has 1 aromatic rings. The van der Waals surface area contributed by atoms with E-state index in [0.29, 0.717) is 6.04 Å². The zero-order valence-corrected chi connectivity index (χ0v) is 13.1. The van der Waals surface area contributed by atoms with Crippen LogP contribution in [-0.2, 0) is 0 Å². The van der Waals surface area contributed by atoms with Gasteiger partial charge in [0.1, 0.15) is 0 Å². The smallest absolute Gasteiger partial charge is 0.0428 e. The van der Waals surface area contributed by atoms with Gasteiger partial charge in [-0.15, -0.1) is 0 Å². The highest BCUT2D eigenvalue weighted by atomic mass is 79.9. The second-order valence-corrected chi connectivity index (χ2v) is 6.60. The van der Waals surface area contributed by atoms with E-state index in [2.05, 4.69) is 59.8 Å². The van der Waals surface area contributed by atoms with Crippen LogP contribution in [0.25, 0.3) is 0 Å². The van der Waals surface area contributed by atoms with Crippen LogP contribution in [0.2, 0.25) is 0 Å². The number of hydrogen-bond acceptors (Lipinski definition) is 2. The van der Waals surface area contributed by atoms with Gasteiger partial charge in [0.15, 0.2) is 0 Å². The van der Waals surface area contributed by atoms with Crippen LogP contribution in [0.4, 0.5) is 5.69 Å². The van der Waals surface area contributed by atoms with Crippen molar-refractivity contribution in [1.29, 1.82) is 0 Å². The van der Waals surface area contributed by atoms with Crippen LogP contribution in [0, 0.1) is 5.92 Å². The summed E-state index contributed by atoms with van der Waals surface area (Å²) in [5.41, 5.74) is 8.64. The van der Waals surface area contributed by atoms with Crippen LogP contribution in [0.5, 0.6) is 0 Å². The van der Waals surface area contributed by atoms with E-state index in [1.807, 2.05) is 0 Å². The molecule has 0 aromatic heterocycles. The fourth-order valence-corrected chi connectivity index (χ4v) is 2.67. The number of nitrogens with zero attached hydrogens (tertiary/aromatic N) is 1. The van der Waals surface area contributed by atoms with Crippen LogP contribution in [0.3, 0.4) is 0 Å². The quantitative estimate of drug-likeness (QED) is 0.887. The minimum absolute atomic E-state index is 0.0774. The van der Waals surface area contributed by atoms with E-state index in [1.165, 1.54) is 24.1 Å². The highest BCUT2D eigenvalue weighted by Gasteiger charge is 2.27. The molecule has 1 saturated carbocycles. The van der Waals surface area contributed by atoms with Crippen LogP contribution >= 0.6 is 15.9 Å². The molecule has 1 fully saturated rings. The Morgan fingerprint density at radius 2 is 2.00 bits per heavy atom. The van der Waals surface area contributed by atoms with Crippen molar-refractivity contribution >= 4 is 21.6 Å². The Balaban J connectivity index is 2.34. The highest BCUT2D eigenvalue weighted by Crippen LogP contribution is 2.35. The Kier molecular flexibility index (Phi) is 4.33. The van der Waals surface area contributed by atoms with Crippen molar-refractivity contribution in [2.75, 3.05) is 11.4 Å². The molecular weight excluding hydrogens is 288 g/mol. The van der Waals surface area contributed by atoms with Gasteiger partial charge >= 0.3 is 0 Å². The highest BCUT2D eigenvalue weighted by molar-refractivity contribution is 9.10. The van der Waals surface area contributed by atoms with Gasteiger partial charge in [0.25, 0.3) is 0 Å². The molecule has 0 spiro atoms. The monoisotopic (exact) mass is 310 g/mol. The molecule has 3 heteroatoms. The average molecular weight is 311 g/mol. The zero-order chi connectivity index (χ0) is 13.3. The van der Waals surface area contributed by atoms with E-state index in [9.17, 15) is 0 Å². The molecule has 1 aliphatic carbocycles. The molecule has 0 radical (unpaired) electrons. The Morgan fingerprint density at radius 1 is 1.33 bits per heavy atom. The zero-order valence-electron chi connectivity index (χ0n) is 11.5. The van der Waals surface area contributed by atoms with E-state index in [0.717, 1.165) is 16.9 Å². The van der Waals surface area contributed by atoms with Crippen LogP contribution in [-0.4, -0.2) is 12.6 Å². The van der Waals surface area contributed by atoms with Gasteiger partial charge in [0, 0.05) is 28.8 Å². The summed E-state index contributed by atoms with van der Waals surface area (Å²) in [5, 5.41) is 0. The van der Waals surface area contributed by atoms with Crippen LogP contribution in [0.15, 0.2) is 22.7 Å². The summed E-state index contributed by atoms with van der Waals surface area (Å²) in [4.78, 5) is 2.50. The SMILES string of the molecule is CC(N)c1ccc(Br)cc1N(CC1CC1)C(C)C. The number of halogens is 1. The molecule has 1 aliphatic rings. The van der Waals surface area contributed by atoms with Crippen molar-refractivity contribution < 1.29 is 0 Å². The third-order valence-electron chi connectivity index (χ3n) is 3.57. The minimum atomic E-state index is 0.0774. The summed E-state index contributed by atoms with van der Waals surface area (Å²) in [6.07, 6.45) is 2.76. The second kappa shape index (κ2) is 5.62. The van der Waals surface area contributed by atoms with Crippen molar-refractivity contribution in [3.8, 4) is 0 Å². The first-order chi connectivity index (χ1) is 8.49. The topological polar surface area (TPSA) is 29.3 Å². The lowest BCUT2D eigenvalue weighted by atomic mass is 10.0. The van der Waals surface area contributed by atoms with E-state index < -0.39 is 0 Å². The van der Waals surface area contributed by atoms with Gasteiger partial charge in [0.05, 0.1) is 0 Å². The number of nitrogens with two attached hydrogens (primary N) is 1. The van der Waals surface area contributed by atoms with Crippen LogP contribution in [0.1, 0.15) is 45.2 Å². The third-order valence-corrected chi connectivity index (χ3v) is 4.06. The van der Waals surface area contributed by atoms with Gasteiger partial charge in [-0.05, 0) is 57.2 Å². The molecule has 1 aromatic carbocycles. The minimum Gasteiger partial charge on any atom is -0.369 e. The van der Waals surface area contributed by atoms with Crippen molar-refractivity contribution in [2.24, 2.45) is 11.7 Å². The molecular formula is C15H23BrN2. The van der Waals surface area contributed by atoms with Gasteiger partial charge in [-0.2, -0.15) is 0 Å². The van der Waals surface area contributed by atoms with Crippen molar-refractivity contribution in [3.63, 3.8) is 0 Å². The Labute approximate surface area is 119 Å². The fourth-order valence-electron chi connectivity index (χ4n) is 2.32. The van der Waals surface area contributed by atoms with E-state index in [1.54, 1.807) is 0 Å². The molecule has 2 N–H and O–H groups in total. The fraction of sp³-hybridized carbons (Fsp3) is 0.600. The summed E-state index contributed by atoms with van der Waals surface area (Å²) in [6, 6.07) is 7.02. The van der Waals surface area contributed by atoms with Gasteiger partial charge in [-0.1, -0.05) is 22.0 Å². The number of anilines is 1. The molecule has 0 heterocycles. The number of rotatable bonds is 5. The summed E-state index contributed by atoms with van der Waals surface area (Å²) in [6.45, 7) is 7.73. The molecule has 1 unspecified atom stereocenters. The molecule has 0 aliphatic heterocycles. The van der Waals surface area contributed by atoms with E-state index >= 15 is 0 Å². The molecule has 18 heavy (non-hydrogen) atoms. The third kappa shape index (κ3) is 3.27. The first-order valence-electron chi connectivity index (χ1n) is 6.80. The standard InChI is InChI=1S/C15H23BrN2/c1-10(2)18(9-12-4-5-12)15-8-13(16)6-7-14(15)11(3)17/h6-8,10-12H,4-5,9,17H2,1-3H3.